The third kappa shape index (κ3) is 10.4. The number of sulfonamides is 1. The zero-order valence-electron chi connectivity index (χ0n) is 31.7. The van der Waals surface area contributed by atoms with E-state index in [4.69, 9.17) is 46.9 Å². The van der Waals surface area contributed by atoms with Gasteiger partial charge in [0, 0.05) is 18.5 Å². The highest BCUT2D eigenvalue weighted by atomic mass is 35.5. The molecule has 18 heteroatoms. The summed E-state index contributed by atoms with van der Waals surface area (Å²) in [6.45, 7) is -0.502. The second-order valence-electron chi connectivity index (χ2n) is 14.7. The van der Waals surface area contributed by atoms with Crippen molar-refractivity contribution >= 4 is 45.2 Å². The molecular formula is C41H41Cl2F2N3O10S. The van der Waals surface area contributed by atoms with Gasteiger partial charge in [-0.25, -0.2) is 18.0 Å². The van der Waals surface area contributed by atoms with Crippen LogP contribution in [0.5, 0.6) is 17.2 Å². The number of hydrogen-bond acceptors (Lipinski definition) is 11. The molecule has 0 amide bonds. The van der Waals surface area contributed by atoms with Crippen LogP contribution in [0.2, 0.25) is 10.0 Å². The number of nitrogens with zero attached hydrogens (tertiary/aromatic N) is 2. The predicted molar refractivity (Wildman–Crippen MR) is 210 cm³/mol. The summed E-state index contributed by atoms with van der Waals surface area (Å²) in [4.78, 5) is 29.8. The van der Waals surface area contributed by atoms with Gasteiger partial charge in [0.15, 0.2) is 23.9 Å². The summed E-state index contributed by atoms with van der Waals surface area (Å²) in [6, 6.07) is 14.4. The highest BCUT2D eigenvalue weighted by Crippen LogP contribution is 2.39. The van der Waals surface area contributed by atoms with Gasteiger partial charge in [-0.3, -0.25) is 4.90 Å². The number of hydrogen-bond donors (Lipinski definition) is 1. The molecule has 13 nitrogen and oxygen atoms in total. The minimum Gasteiger partial charge on any atom is -0.619 e. The van der Waals surface area contributed by atoms with Gasteiger partial charge in [0.1, 0.15) is 39.6 Å². The molecule has 1 N–H and O–H groups in total. The Morgan fingerprint density at radius 3 is 2.25 bits per heavy atom. The summed E-state index contributed by atoms with van der Waals surface area (Å²) < 4.78 is 85.8. The van der Waals surface area contributed by atoms with E-state index in [1.807, 2.05) is 0 Å². The number of alkyl halides is 2. The Bertz CT molecular complexity index is 2260. The third-order valence-electron chi connectivity index (χ3n) is 10.6. The smallest absolute Gasteiger partial charge is 0.387 e. The number of pyridine rings is 1. The normalized spacial score (nSPS) is 19.8. The molecule has 1 aliphatic carbocycles. The van der Waals surface area contributed by atoms with E-state index in [9.17, 15) is 32.0 Å². The summed E-state index contributed by atoms with van der Waals surface area (Å²) in [6.07, 6.45) is 3.84. The molecule has 3 aliphatic heterocycles. The molecule has 1 saturated carbocycles. The molecule has 4 aliphatic rings. The van der Waals surface area contributed by atoms with E-state index in [2.05, 4.69) is 9.62 Å². The number of ether oxygens (including phenoxy) is 5. The highest BCUT2D eigenvalue weighted by Gasteiger charge is 2.39. The second kappa shape index (κ2) is 18.3. The van der Waals surface area contributed by atoms with Gasteiger partial charge in [-0.05, 0) is 92.1 Å². The Kier molecular flexibility index (Phi) is 13.1. The Labute approximate surface area is 349 Å². The van der Waals surface area contributed by atoms with Gasteiger partial charge in [-0.1, -0.05) is 59.6 Å². The molecular weight excluding hydrogens is 835 g/mol. The minimum atomic E-state index is -4.54. The molecule has 2 bridgehead atoms. The van der Waals surface area contributed by atoms with Crippen LogP contribution in [0.25, 0.3) is 0 Å². The van der Waals surface area contributed by atoms with Gasteiger partial charge >= 0.3 is 18.6 Å². The fourth-order valence-corrected chi connectivity index (χ4v) is 9.05. The monoisotopic (exact) mass is 875 g/mol. The minimum absolute atomic E-state index is 0.0323. The van der Waals surface area contributed by atoms with Crippen LogP contribution in [0, 0.1) is 17.0 Å². The van der Waals surface area contributed by atoms with Gasteiger partial charge in [-0.2, -0.15) is 18.2 Å². The molecule has 314 valence electrons. The fraction of sp³-hybridized carbons (Fsp3) is 0.390. The molecule has 3 saturated heterocycles. The van der Waals surface area contributed by atoms with Gasteiger partial charge < -0.3 is 28.9 Å². The maximum Gasteiger partial charge on any atom is 0.387 e. The number of fused-ring (bicyclic) bond motifs is 3. The molecule has 3 atom stereocenters. The van der Waals surface area contributed by atoms with Crippen LogP contribution >= 0.6 is 23.2 Å². The lowest BCUT2D eigenvalue weighted by Crippen LogP contribution is -2.52. The maximum atomic E-state index is 14.2. The Balaban J connectivity index is 1.19. The number of nitrogens with one attached hydrogen (secondary N) is 1. The first-order valence-electron chi connectivity index (χ1n) is 18.9. The predicted octanol–water partition coefficient (Wildman–Crippen LogP) is 6.82. The Hall–Kier alpha value is -4.74. The van der Waals surface area contributed by atoms with E-state index in [1.54, 1.807) is 30.3 Å². The molecule has 0 spiro atoms. The van der Waals surface area contributed by atoms with Gasteiger partial charge in [0.25, 0.3) is 0 Å². The summed E-state index contributed by atoms with van der Waals surface area (Å²) in [5.41, 5.74) is 0.506. The molecule has 0 radical (unpaired) electrons. The average molecular weight is 877 g/mol. The SMILES string of the molecule is COc1ccc(S(=O)(=O)NC(C(=O)O[C@H]2CN3CCC2CC3)c2ccccc2)cc1C(=O)OC(Cc1c(Cl)c[n+]([O-])cc1Cl)c1ccc(OC(F)F)c(OCC2CC2)c1. The van der Waals surface area contributed by atoms with E-state index in [0.717, 1.165) is 57.2 Å². The third-order valence-corrected chi connectivity index (χ3v) is 12.7. The van der Waals surface area contributed by atoms with Crippen molar-refractivity contribution in [2.24, 2.45) is 11.8 Å². The zero-order valence-corrected chi connectivity index (χ0v) is 34.1. The van der Waals surface area contributed by atoms with E-state index >= 15 is 0 Å². The fourth-order valence-electron chi connectivity index (χ4n) is 7.25. The number of esters is 2. The number of benzene rings is 3. The lowest BCUT2D eigenvalue weighted by molar-refractivity contribution is -0.605. The van der Waals surface area contributed by atoms with Crippen molar-refractivity contribution in [3.05, 3.63) is 117 Å². The van der Waals surface area contributed by atoms with Crippen LogP contribution < -0.4 is 23.7 Å². The van der Waals surface area contributed by atoms with Gasteiger partial charge in [0.2, 0.25) is 10.0 Å². The number of carbonyl (C=O) groups excluding carboxylic acids is 2. The molecule has 3 aromatic carbocycles. The second-order valence-corrected chi connectivity index (χ2v) is 17.2. The summed E-state index contributed by atoms with van der Waals surface area (Å²) in [7, 11) is -3.26. The Morgan fingerprint density at radius 2 is 1.63 bits per heavy atom. The molecule has 1 aromatic heterocycles. The molecule has 4 heterocycles. The van der Waals surface area contributed by atoms with Crippen molar-refractivity contribution in [3.8, 4) is 17.2 Å². The number of halogens is 4. The van der Waals surface area contributed by atoms with Crippen LogP contribution in [0.4, 0.5) is 8.78 Å². The van der Waals surface area contributed by atoms with Crippen molar-refractivity contribution < 1.29 is 55.2 Å². The Morgan fingerprint density at radius 1 is 0.932 bits per heavy atom. The van der Waals surface area contributed by atoms with Crippen molar-refractivity contribution in [2.75, 3.05) is 33.4 Å². The first-order chi connectivity index (χ1) is 28.3. The standard InChI is InChI=1S/C41H41Cl2F2N3O10S/c1-54-33-12-10-28(59(52,53)46-38(26-5-3-2-4-6-26)40(50)57-37-22-47-15-13-25(37)14-16-47)18-30(33)39(49)56-35(19-29-31(42)20-48(51)21-32(29)43)27-9-11-34(58-41(44)45)36(17-27)55-23-24-7-8-24/h2-6,9-12,17-18,20-21,24-25,35,37-38,41,46H,7-8,13-16,19,22-23H2,1H3/t35?,37-,38?/m0/s1. The lowest BCUT2D eigenvalue weighted by Gasteiger charge is -2.44. The van der Waals surface area contributed by atoms with E-state index in [1.165, 1.54) is 37.4 Å². The average Bonchev–Trinajstić information content (AvgIpc) is 4.05. The quantitative estimate of drug-likeness (QED) is 0.0675. The number of rotatable bonds is 17. The van der Waals surface area contributed by atoms with Crippen molar-refractivity contribution in [1.29, 1.82) is 0 Å². The number of aromatic nitrogens is 1. The van der Waals surface area contributed by atoms with Crippen LogP contribution in [-0.4, -0.2) is 71.3 Å². The van der Waals surface area contributed by atoms with E-state index < -0.39 is 45.6 Å². The van der Waals surface area contributed by atoms with Gasteiger partial charge in [-0.15, -0.1) is 0 Å². The number of methoxy groups -OCH3 is 1. The molecule has 59 heavy (non-hydrogen) atoms. The summed E-state index contributed by atoms with van der Waals surface area (Å²) in [5.74, 6) is -1.72. The first kappa shape index (κ1) is 42.4. The van der Waals surface area contributed by atoms with Gasteiger partial charge in [0.05, 0.1) is 18.6 Å². The van der Waals surface area contributed by atoms with Crippen LogP contribution in [-0.2, 0) is 30.7 Å². The molecule has 2 unspecified atom stereocenters. The van der Waals surface area contributed by atoms with Crippen molar-refractivity contribution in [1.82, 2.24) is 9.62 Å². The number of piperidine rings is 3. The highest BCUT2D eigenvalue weighted by molar-refractivity contribution is 7.89. The van der Waals surface area contributed by atoms with E-state index in [0.29, 0.717) is 16.8 Å². The van der Waals surface area contributed by atoms with Crippen LogP contribution in [0.3, 0.4) is 0 Å². The van der Waals surface area contributed by atoms with Crippen molar-refractivity contribution in [2.45, 2.75) is 61.9 Å². The van der Waals surface area contributed by atoms with Crippen LogP contribution in [0.1, 0.15) is 64.9 Å². The molecule has 8 rings (SSSR count). The maximum absolute atomic E-state index is 14.2. The largest absolute Gasteiger partial charge is 0.619 e. The first-order valence-corrected chi connectivity index (χ1v) is 21.2. The number of carbonyl (C=O) groups is 2. The zero-order chi connectivity index (χ0) is 41.8. The topological polar surface area (TPSA) is 157 Å². The summed E-state index contributed by atoms with van der Waals surface area (Å²) in [5, 5.41) is 11.9. The summed E-state index contributed by atoms with van der Waals surface area (Å²) >= 11 is 12.8. The van der Waals surface area contributed by atoms with Crippen molar-refractivity contribution in [3.63, 3.8) is 0 Å². The molecule has 4 fully saturated rings. The lowest BCUT2D eigenvalue weighted by atomic mass is 9.86. The molecule has 4 aromatic rings. The van der Waals surface area contributed by atoms with Crippen LogP contribution in [0.15, 0.2) is 84.0 Å². The van der Waals surface area contributed by atoms with E-state index in [-0.39, 0.29) is 75.0 Å².